The molecule has 3 N–H and O–H groups in total. The largest absolute Gasteiger partial charge is 0.361 e. The van der Waals surface area contributed by atoms with E-state index in [0.29, 0.717) is 18.7 Å². The molecular weight excluding hydrogens is 468 g/mol. The van der Waals surface area contributed by atoms with E-state index in [0.717, 1.165) is 41.0 Å². The lowest BCUT2D eigenvalue weighted by atomic mass is 10.1. The fourth-order valence-electron chi connectivity index (χ4n) is 2.93. The third kappa shape index (κ3) is 5.70. The average Bonchev–Trinajstić information content (AvgIpc) is 3.08. The first-order valence-corrected chi connectivity index (χ1v) is 8.96. The van der Waals surface area contributed by atoms with Crippen molar-refractivity contribution in [2.24, 2.45) is 4.99 Å². The smallest absolute Gasteiger partial charge is 0.191 e. The Hall–Kier alpha value is -2.60. The number of benzene rings is 2. The summed E-state index contributed by atoms with van der Waals surface area (Å²) in [5.74, 6) is 0.488. The van der Waals surface area contributed by atoms with Crippen LogP contribution in [0.2, 0.25) is 0 Å². The van der Waals surface area contributed by atoms with Crippen molar-refractivity contribution in [3.63, 3.8) is 0 Å². The topological polar surface area (TPSA) is 76.0 Å². The minimum absolute atomic E-state index is 0. The number of aromatic amines is 1. The Bertz CT molecular complexity index is 990. The number of aliphatic imine (C=N–C) groups is 1. The zero-order valence-electron chi connectivity index (χ0n) is 15.6. The zero-order valence-corrected chi connectivity index (χ0v) is 18.0. The number of nitrogens with zero attached hydrogens (tertiary/aromatic N) is 2. The molecule has 7 heteroatoms. The summed E-state index contributed by atoms with van der Waals surface area (Å²) in [6, 6.07) is 14.4. The second kappa shape index (κ2) is 10.7. The molecule has 0 amide bonds. The van der Waals surface area contributed by atoms with E-state index in [1.165, 1.54) is 12.1 Å². The number of nitriles is 1. The SMILES string of the molecule is CCNC(=NCc1cccc(C#N)c1)NCCc1c[nH]c2cc(F)ccc12.I. The van der Waals surface area contributed by atoms with Crippen molar-refractivity contribution in [1.29, 1.82) is 5.26 Å². The van der Waals surface area contributed by atoms with E-state index in [9.17, 15) is 4.39 Å². The highest BCUT2D eigenvalue weighted by Crippen LogP contribution is 2.19. The van der Waals surface area contributed by atoms with Crippen LogP contribution in [0.1, 0.15) is 23.6 Å². The molecule has 1 aromatic heterocycles. The third-order valence-corrected chi connectivity index (χ3v) is 4.24. The Kier molecular flexibility index (Phi) is 8.26. The second-order valence-electron chi connectivity index (χ2n) is 6.19. The standard InChI is InChI=1S/C21H22FN5.HI/c1-2-24-21(27-13-16-5-3-4-15(10-16)12-23)25-9-8-17-14-26-20-11-18(22)6-7-19(17)20;/h3-7,10-11,14,26H,2,8-9,13H2,1H3,(H2,24,25,27);1H. The average molecular weight is 491 g/mol. The zero-order chi connectivity index (χ0) is 19.1. The lowest BCUT2D eigenvalue weighted by Crippen LogP contribution is -2.38. The van der Waals surface area contributed by atoms with Gasteiger partial charge in [0.2, 0.25) is 0 Å². The van der Waals surface area contributed by atoms with Gasteiger partial charge in [-0.1, -0.05) is 12.1 Å². The molecule has 2 aromatic carbocycles. The van der Waals surface area contributed by atoms with Crippen LogP contribution in [0.3, 0.4) is 0 Å². The molecule has 0 bridgehead atoms. The number of nitrogens with one attached hydrogen (secondary N) is 3. The number of hydrogen-bond acceptors (Lipinski definition) is 2. The Morgan fingerprint density at radius 1 is 1.21 bits per heavy atom. The van der Waals surface area contributed by atoms with E-state index in [4.69, 9.17) is 5.26 Å². The van der Waals surface area contributed by atoms with Crippen LogP contribution in [0.5, 0.6) is 0 Å². The number of hydrogen-bond donors (Lipinski definition) is 3. The van der Waals surface area contributed by atoms with Gasteiger partial charge in [0, 0.05) is 30.2 Å². The number of halogens is 2. The minimum atomic E-state index is -0.240. The summed E-state index contributed by atoms with van der Waals surface area (Å²) in [5.41, 5.74) is 3.57. The van der Waals surface area contributed by atoms with Crippen LogP contribution in [0.25, 0.3) is 10.9 Å². The molecule has 0 saturated carbocycles. The van der Waals surface area contributed by atoms with E-state index in [-0.39, 0.29) is 29.8 Å². The molecule has 1 heterocycles. The van der Waals surface area contributed by atoms with Crippen molar-refractivity contribution in [3.05, 3.63) is 71.2 Å². The van der Waals surface area contributed by atoms with Crippen molar-refractivity contribution in [2.45, 2.75) is 19.9 Å². The van der Waals surface area contributed by atoms with Crippen molar-refractivity contribution in [1.82, 2.24) is 15.6 Å². The molecular formula is C21H23FIN5. The molecule has 0 aliphatic rings. The van der Waals surface area contributed by atoms with E-state index in [1.54, 1.807) is 12.1 Å². The molecule has 0 aliphatic carbocycles. The van der Waals surface area contributed by atoms with Gasteiger partial charge in [-0.3, -0.25) is 0 Å². The highest BCUT2D eigenvalue weighted by Gasteiger charge is 2.05. The van der Waals surface area contributed by atoms with Crippen LogP contribution in [0.15, 0.2) is 53.7 Å². The van der Waals surface area contributed by atoms with E-state index < -0.39 is 0 Å². The summed E-state index contributed by atoms with van der Waals surface area (Å²) < 4.78 is 13.3. The predicted molar refractivity (Wildman–Crippen MR) is 121 cm³/mol. The summed E-state index contributed by atoms with van der Waals surface area (Å²) in [4.78, 5) is 7.69. The molecule has 3 aromatic rings. The van der Waals surface area contributed by atoms with Gasteiger partial charge in [-0.15, -0.1) is 24.0 Å². The fraction of sp³-hybridized carbons (Fsp3) is 0.238. The lowest BCUT2D eigenvalue weighted by Gasteiger charge is -2.11. The van der Waals surface area contributed by atoms with Crippen LogP contribution in [-0.4, -0.2) is 24.0 Å². The maximum absolute atomic E-state index is 13.3. The van der Waals surface area contributed by atoms with Crippen molar-refractivity contribution in [3.8, 4) is 6.07 Å². The minimum Gasteiger partial charge on any atom is -0.361 e. The van der Waals surface area contributed by atoms with Gasteiger partial charge in [0.1, 0.15) is 5.82 Å². The van der Waals surface area contributed by atoms with Gasteiger partial charge in [0.15, 0.2) is 5.96 Å². The van der Waals surface area contributed by atoms with Crippen molar-refractivity contribution >= 4 is 40.8 Å². The molecule has 0 spiro atoms. The maximum atomic E-state index is 13.3. The van der Waals surface area contributed by atoms with Crippen LogP contribution in [0, 0.1) is 17.1 Å². The molecule has 0 radical (unpaired) electrons. The number of aromatic nitrogens is 1. The third-order valence-electron chi connectivity index (χ3n) is 4.24. The molecule has 0 fully saturated rings. The molecule has 0 saturated heterocycles. The van der Waals surface area contributed by atoms with Gasteiger partial charge in [0.25, 0.3) is 0 Å². The van der Waals surface area contributed by atoms with Gasteiger partial charge in [0.05, 0.1) is 18.2 Å². The summed E-state index contributed by atoms with van der Waals surface area (Å²) >= 11 is 0. The summed E-state index contributed by atoms with van der Waals surface area (Å²) in [5, 5.41) is 16.6. The van der Waals surface area contributed by atoms with E-state index in [2.05, 4.69) is 26.7 Å². The number of H-pyrrole nitrogens is 1. The molecule has 28 heavy (non-hydrogen) atoms. The van der Waals surface area contributed by atoms with Crippen molar-refractivity contribution < 1.29 is 4.39 Å². The molecule has 0 unspecified atom stereocenters. The Morgan fingerprint density at radius 3 is 2.86 bits per heavy atom. The van der Waals surface area contributed by atoms with Crippen LogP contribution in [-0.2, 0) is 13.0 Å². The highest BCUT2D eigenvalue weighted by molar-refractivity contribution is 14.0. The first-order valence-electron chi connectivity index (χ1n) is 8.96. The molecule has 0 atom stereocenters. The van der Waals surface area contributed by atoms with Crippen LogP contribution >= 0.6 is 24.0 Å². The van der Waals surface area contributed by atoms with Crippen LogP contribution < -0.4 is 10.6 Å². The second-order valence-corrected chi connectivity index (χ2v) is 6.19. The summed E-state index contributed by atoms with van der Waals surface area (Å²) in [7, 11) is 0. The molecule has 3 rings (SSSR count). The van der Waals surface area contributed by atoms with E-state index >= 15 is 0 Å². The van der Waals surface area contributed by atoms with E-state index in [1.807, 2.05) is 31.3 Å². The lowest BCUT2D eigenvalue weighted by molar-refractivity contribution is 0.629. The van der Waals surface area contributed by atoms with Gasteiger partial charge >= 0.3 is 0 Å². The summed E-state index contributed by atoms with van der Waals surface area (Å²) in [6.07, 6.45) is 2.71. The maximum Gasteiger partial charge on any atom is 0.191 e. The Morgan fingerprint density at radius 2 is 2.07 bits per heavy atom. The van der Waals surface area contributed by atoms with Crippen molar-refractivity contribution in [2.75, 3.05) is 13.1 Å². The fourth-order valence-corrected chi connectivity index (χ4v) is 2.93. The molecule has 0 aliphatic heterocycles. The Labute approximate surface area is 181 Å². The number of guanidine groups is 1. The number of rotatable bonds is 6. The molecule has 5 nitrogen and oxygen atoms in total. The van der Waals surface area contributed by atoms with Gasteiger partial charge in [-0.25, -0.2) is 9.38 Å². The summed E-state index contributed by atoms with van der Waals surface area (Å²) in [6.45, 7) is 3.98. The predicted octanol–water partition coefficient (Wildman–Crippen LogP) is 4.09. The monoisotopic (exact) mass is 491 g/mol. The normalized spacial score (nSPS) is 11.0. The molecule has 146 valence electrons. The van der Waals surface area contributed by atoms with Crippen LogP contribution in [0.4, 0.5) is 4.39 Å². The number of fused-ring (bicyclic) bond motifs is 1. The van der Waals surface area contributed by atoms with Gasteiger partial charge in [-0.05, 0) is 54.8 Å². The quantitative estimate of drug-likeness (QED) is 0.276. The first kappa shape index (κ1) is 21.7. The van der Waals surface area contributed by atoms with Gasteiger partial charge in [-0.2, -0.15) is 5.26 Å². The van der Waals surface area contributed by atoms with Gasteiger partial charge < -0.3 is 15.6 Å². The first-order chi connectivity index (χ1) is 13.2. The highest BCUT2D eigenvalue weighted by atomic mass is 127. The Balaban J connectivity index is 0.00000280.